The van der Waals surface area contributed by atoms with Gasteiger partial charge in [-0.3, -0.25) is 20.0 Å². The summed E-state index contributed by atoms with van der Waals surface area (Å²) < 4.78 is 27.3. The van der Waals surface area contributed by atoms with Crippen molar-refractivity contribution in [3.63, 3.8) is 0 Å². The molecule has 0 radical (unpaired) electrons. The Labute approximate surface area is 219 Å². The molecule has 0 bridgehead atoms. The van der Waals surface area contributed by atoms with Crippen molar-refractivity contribution >= 4 is 15.9 Å². The highest BCUT2D eigenvalue weighted by molar-refractivity contribution is 7.88. The minimum absolute atomic E-state index is 0.00223. The Morgan fingerprint density at radius 2 is 1.49 bits per heavy atom. The Morgan fingerprint density at radius 1 is 0.865 bits per heavy atom. The van der Waals surface area contributed by atoms with Gasteiger partial charge < -0.3 is 4.90 Å². The first-order chi connectivity index (χ1) is 17.9. The van der Waals surface area contributed by atoms with Crippen LogP contribution in [0.5, 0.6) is 0 Å². The number of piperazine rings is 1. The fourth-order valence-electron chi connectivity index (χ4n) is 5.35. The molecule has 9 heteroatoms. The highest BCUT2D eigenvalue weighted by Crippen LogP contribution is 2.33. The molecule has 0 aromatic heterocycles. The van der Waals surface area contributed by atoms with Crippen LogP contribution in [0.2, 0.25) is 0 Å². The van der Waals surface area contributed by atoms with Crippen LogP contribution in [0.3, 0.4) is 0 Å². The Bertz CT molecular complexity index is 1190. The van der Waals surface area contributed by atoms with Gasteiger partial charge in [-0.05, 0) is 49.4 Å². The second kappa shape index (κ2) is 11.3. The van der Waals surface area contributed by atoms with Crippen LogP contribution in [-0.4, -0.2) is 79.8 Å². The molecule has 2 saturated heterocycles. The number of rotatable bonds is 8. The maximum Gasteiger partial charge on any atom is 0.272 e. The smallest absolute Gasteiger partial charge is 0.272 e. The van der Waals surface area contributed by atoms with Crippen LogP contribution >= 0.6 is 0 Å². The SMILES string of the molecule is O=C(C1=CC2(CCN(S(=O)(=O)Cc3ccccc3)CC2)ON1)N1CCN(CCCc2ccccc2)CC1. The van der Waals surface area contributed by atoms with Crippen molar-refractivity contribution in [2.45, 2.75) is 37.0 Å². The van der Waals surface area contributed by atoms with Gasteiger partial charge in [0, 0.05) is 39.3 Å². The molecule has 2 aromatic carbocycles. The third-order valence-electron chi connectivity index (χ3n) is 7.60. The Hall–Kier alpha value is -2.72. The summed E-state index contributed by atoms with van der Waals surface area (Å²) in [4.78, 5) is 23.3. The van der Waals surface area contributed by atoms with Crippen molar-refractivity contribution in [2.24, 2.45) is 0 Å². The Morgan fingerprint density at radius 3 is 2.14 bits per heavy atom. The van der Waals surface area contributed by atoms with E-state index in [1.165, 1.54) is 5.56 Å². The number of aryl methyl sites for hydroxylation is 1. The van der Waals surface area contributed by atoms with Crippen LogP contribution in [0.25, 0.3) is 0 Å². The number of carbonyl (C=O) groups excluding carboxylic acids is 1. The Balaban J connectivity index is 1.08. The van der Waals surface area contributed by atoms with E-state index >= 15 is 0 Å². The van der Waals surface area contributed by atoms with Crippen LogP contribution in [-0.2, 0) is 31.8 Å². The first-order valence-corrected chi connectivity index (χ1v) is 14.8. The molecule has 8 nitrogen and oxygen atoms in total. The van der Waals surface area contributed by atoms with E-state index < -0.39 is 15.6 Å². The number of nitrogens with zero attached hydrogens (tertiary/aromatic N) is 3. The number of amides is 1. The monoisotopic (exact) mass is 524 g/mol. The van der Waals surface area contributed by atoms with Gasteiger partial charge in [-0.2, -0.15) is 0 Å². The largest absolute Gasteiger partial charge is 0.335 e. The summed E-state index contributed by atoms with van der Waals surface area (Å²) in [6.45, 7) is 4.91. The third kappa shape index (κ3) is 6.41. The van der Waals surface area contributed by atoms with Crippen molar-refractivity contribution in [1.29, 1.82) is 0 Å². The molecule has 198 valence electrons. The van der Waals surface area contributed by atoms with Crippen LogP contribution in [0.15, 0.2) is 72.4 Å². The summed E-state index contributed by atoms with van der Waals surface area (Å²) in [6.07, 6.45) is 5.09. The number of hydrogen-bond acceptors (Lipinski definition) is 6. The molecule has 0 saturated carbocycles. The molecule has 1 N–H and O–H groups in total. The number of piperidine rings is 1. The van der Waals surface area contributed by atoms with E-state index in [0.717, 1.165) is 38.0 Å². The lowest BCUT2D eigenvalue weighted by atomic mass is 9.92. The standard InChI is InChI=1S/C28H36N4O4S/c33-27(31-20-18-30(19-21-31)15-7-12-24-8-3-1-4-9-24)26-22-28(36-29-26)13-16-32(17-14-28)37(34,35)23-25-10-5-2-6-11-25/h1-6,8-11,22,29H,7,12-21,23H2. The molecule has 1 amide bonds. The van der Waals surface area contributed by atoms with E-state index in [4.69, 9.17) is 4.84 Å². The van der Waals surface area contributed by atoms with E-state index in [-0.39, 0.29) is 11.7 Å². The molecule has 0 unspecified atom stereocenters. The maximum atomic E-state index is 13.1. The summed E-state index contributed by atoms with van der Waals surface area (Å²) in [7, 11) is -3.40. The molecule has 3 aliphatic rings. The molecule has 2 aromatic rings. The van der Waals surface area contributed by atoms with Crippen LogP contribution in [0, 0.1) is 0 Å². The summed E-state index contributed by atoms with van der Waals surface area (Å²) in [5.74, 6) is -0.0439. The number of hydroxylamine groups is 1. The lowest BCUT2D eigenvalue weighted by molar-refractivity contribution is -0.131. The van der Waals surface area contributed by atoms with Gasteiger partial charge in [0.2, 0.25) is 10.0 Å². The predicted molar refractivity (Wildman–Crippen MR) is 143 cm³/mol. The molecule has 37 heavy (non-hydrogen) atoms. The average molecular weight is 525 g/mol. The van der Waals surface area contributed by atoms with Crippen LogP contribution < -0.4 is 5.48 Å². The summed E-state index contributed by atoms with van der Waals surface area (Å²) in [6, 6.07) is 19.8. The van der Waals surface area contributed by atoms with Gasteiger partial charge >= 0.3 is 0 Å². The van der Waals surface area contributed by atoms with E-state index in [1.54, 1.807) is 4.31 Å². The average Bonchev–Trinajstić information content (AvgIpc) is 3.33. The number of benzene rings is 2. The quantitative estimate of drug-likeness (QED) is 0.572. The normalized spacial score (nSPS) is 20.5. The minimum atomic E-state index is -3.40. The lowest BCUT2D eigenvalue weighted by Gasteiger charge is -2.35. The van der Waals surface area contributed by atoms with Crippen LogP contribution in [0.4, 0.5) is 0 Å². The highest BCUT2D eigenvalue weighted by atomic mass is 32.2. The fourth-order valence-corrected chi connectivity index (χ4v) is 6.88. The van der Waals surface area contributed by atoms with Crippen molar-refractivity contribution < 1.29 is 18.0 Å². The number of nitrogens with one attached hydrogen (secondary N) is 1. The second-order valence-corrected chi connectivity index (χ2v) is 12.2. The van der Waals surface area contributed by atoms with Gasteiger partial charge in [0.05, 0.1) is 5.75 Å². The fraction of sp³-hybridized carbons (Fsp3) is 0.464. The van der Waals surface area contributed by atoms with Gasteiger partial charge in [0.15, 0.2) is 0 Å². The second-order valence-electron chi connectivity index (χ2n) is 10.2. The number of carbonyl (C=O) groups is 1. The van der Waals surface area contributed by atoms with Crippen LogP contribution in [0.1, 0.15) is 30.4 Å². The minimum Gasteiger partial charge on any atom is -0.335 e. The summed E-state index contributed by atoms with van der Waals surface area (Å²) in [5, 5.41) is 0. The molecule has 2 fully saturated rings. The number of hydrogen-bond donors (Lipinski definition) is 1. The van der Waals surface area contributed by atoms with Crippen molar-refractivity contribution in [2.75, 3.05) is 45.8 Å². The molecule has 5 rings (SSSR count). The van der Waals surface area contributed by atoms with Crippen molar-refractivity contribution in [3.8, 4) is 0 Å². The van der Waals surface area contributed by atoms with Gasteiger partial charge in [0.1, 0.15) is 11.3 Å². The first kappa shape index (κ1) is 25.9. The zero-order valence-electron chi connectivity index (χ0n) is 21.2. The van der Waals surface area contributed by atoms with Gasteiger partial charge in [0.25, 0.3) is 5.91 Å². The number of sulfonamides is 1. The first-order valence-electron chi connectivity index (χ1n) is 13.2. The Kier molecular flexibility index (Phi) is 7.95. The molecule has 3 heterocycles. The van der Waals surface area contributed by atoms with E-state index in [9.17, 15) is 13.2 Å². The summed E-state index contributed by atoms with van der Waals surface area (Å²) >= 11 is 0. The third-order valence-corrected chi connectivity index (χ3v) is 9.45. The molecule has 0 aliphatic carbocycles. The maximum absolute atomic E-state index is 13.1. The zero-order valence-corrected chi connectivity index (χ0v) is 22.0. The van der Waals surface area contributed by atoms with Crippen molar-refractivity contribution in [1.82, 2.24) is 19.6 Å². The van der Waals surface area contributed by atoms with E-state index in [1.807, 2.05) is 47.4 Å². The molecule has 3 aliphatic heterocycles. The van der Waals surface area contributed by atoms with Gasteiger partial charge in [-0.15, -0.1) is 0 Å². The molecule has 1 spiro atoms. The lowest BCUT2D eigenvalue weighted by Crippen LogP contribution is -2.50. The molecular formula is C28H36N4O4S. The molecular weight excluding hydrogens is 488 g/mol. The topological polar surface area (TPSA) is 82.2 Å². The van der Waals surface area contributed by atoms with E-state index in [0.29, 0.717) is 44.7 Å². The van der Waals surface area contributed by atoms with Gasteiger partial charge in [-0.25, -0.2) is 12.7 Å². The predicted octanol–water partition coefficient (Wildman–Crippen LogP) is 2.55. The molecule has 0 atom stereocenters. The van der Waals surface area contributed by atoms with Crippen molar-refractivity contribution in [3.05, 3.63) is 83.6 Å². The van der Waals surface area contributed by atoms with E-state index in [2.05, 4.69) is 34.6 Å². The summed E-state index contributed by atoms with van der Waals surface area (Å²) in [5.41, 5.74) is 4.84. The zero-order chi connectivity index (χ0) is 25.7. The van der Waals surface area contributed by atoms with Gasteiger partial charge in [-0.1, -0.05) is 60.7 Å². The highest BCUT2D eigenvalue weighted by Gasteiger charge is 2.43.